The number of amides is 2. The van der Waals surface area contributed by atoms with Crippen LogP contribution in [-0.2, 0) is 4.79 Å². The third-order valence-electron chi connectivity index (χ3n) is 4.31. The topological polar surface area (TPSA) is 64.1 Å². The molecule has 0 bridgehead atoms. The van der Waals surface area contributed by atoms with Gasteiger partial charge in [-0.2, -0.15) is 0 Å². The Morgan fingerprint density at radius 2 is 1.76 bits per heavy atom. The van der Waals surface area contributed by atoms with E-state index in [0.717, 1.165) is 39.1 Å². The molecule has 0 aliphatic carbocycles. The second-order valence-electron chi connectivity index (χ2n) is 6.59. The van der Waals surface area contributed by atoms with Crippen molar-refractivity contribution in [3.8, 4) is 0 Å². The Hall–Kier alpha value is -1.30. The summed E-state index contributed by atoms with van der Waals surface area (Å²) in [6.07, 6.45) is 1.47. The van der Waals surface area contributed by atoms with Crippen molar-refractivity contribution in [2.24, 2.45) is 11.8 Å². The Kier molecular flexibility index (Phi) is 5.45. The molecular formula is C15H27N3O3. The first-order valence-corrected chi connectivity index (χ1v) is 7.96. The number of hydrogen-bond acceptors (Lipinski definition) is 3. The predicted octanol–water partition coefficient (Wildman–Crippen LogP) is 1.18. The number of urea groups is 1. The van der Waals surface area contributed by atoms with Gasteiger partial charge in [-0.25, -0.2) is 4.79 Å². The van der Waals surface area contributed by atoms with Crippen molar-refractivity contribution in [3.05, 3.63) is 0 Å². The molecule has 120 valence electrons. The molecule has 0 radical (unpaired) electrons. The fourth-order valence-corrected chi connectivity index (χ4v) is 3.19. The Morgan fingerprint density at radius 1 is 1.10 bits per heavy atom. The molecule has 0 aromatic rings. The summed E-state index contributed by atoms with van der Waals surface area (Å²) in [5.41, 5.74) is 0. The SMILES string of the molecule is CC(C)CN1CCN(C(=O)N2CCCC(C(=O)O)C2)CC1. The quantitative estimate of drug-likeness (QED) is 0.849. The van der Waals surface area contributed by atoms with Gasteiger partial charge < -0.3 is 14.9 Å². The lowest BCUT2D eigenvalue weighted by atomic mass is 9.98. The van der Waals surface area contributed by atoms with Gasteiger partial charge in [0.1, 0.15) is 0 Å². The number of piperidine rings is 1. The maximum Gasteiger partial charge on any atom is 0.320 e. The van der Waals surface area contributed by atoms with Gasteiger partial charge in [-0.05, 0) is 18.8 Å². The minimum absolute atomic E-state index is 0.0187. The summed E-state index contributed by atoms with van der Waals surface area (Å²) in [4.78, 5) is 29.6. The van der Waals surface area contributed by atoms with Crippen molar-refractivity contribution in [3.63, 3.8) is 0 Å². The van der Waals surface area contributed by atoms with E-state index in [1.165, 1.54) is 0 Å². The Bertz CT molecular complexity index is 378. The number of likely N-dealkylation sites (tertiary alicyclic amines) is 1. The number of carbonyl (C=O) groups excluding carboxylic acids is 1. The number of aliphatic carboxylic acids is 1. The van der Waals surface area contributed by atoms with E-state index in [9.17, 15) is 9.59 Å². The molecule has 2 fully saturated rings. The number of rotatable bonds is 3. The molecule has 0 spiro atoms. The van der Waals surface area contributed by atoms with Gasteiger partial charge in [0.25, 0.3) is 0 Å². The average molecular weight is 297 g/mol. The number of carbonyl (C=O) groups is 2. The summed E-state index contributed by atoms with van der Waals surface area (Å²) in [5.74, 6) is -0.537. The standard InChI is InChI=1S/C15H27N3O3/c1-12(2)10-16-6-8-17(9-7-16)15(21)18-5-3-4-13(11-18)14(19)20/h12-13H,3-11H2,1-2H3,(H,19,20). The van der Waals surface area contributed by atoms with Crippen molar-refractivity contribution in [2.45, 2.75) is 26.7 Å². The van der Waals surface area contributed by atoms with Gasteiger partial charge in [-0.3, -0.25) is 9.69 Å². The number of hydrogen-bond donors (Lipinski definition) is 1. The predicted molar refractivity (Wildman–Crippen MR) is 80.2 cm³/mol. The first-order chi connectivity index (χ1) is 9.97. The van der Waals surface area contributed by atoms with Crippen LogP contribution in [0.3, 0.4) is 0 Å². The molecular weight excluding hydrogens is 270 g/mol. The molecule has 2 saturated heterocycles. The highest BCUT2D eigenvalue weighted by atomic mass is 16.4. The minimum Gasteiger partial charge on any atom is -0.481 e. The Balaban J connectivity index is 1.82. The van der Waals surface area contributed by atoms with Gasteiger partial charge in [0.05, 0.1) is 5.92 Å². The van der Waals surface area contributed by atoms with Crippen molar-refractivity contribution in [1.82, 2.24) is 14.7 Å². The number of nitrogens with zero attached hydrogens (tertiary/aromatic N) is 3. The molecule has 2 rings (SSSR count). The lowest BCUT2D eigenvalue weighted by Crippen LogP contribution is -2.55. The van der Waals surface area contributed by atoms with Crippen LogP contribution in [-0.4, -0.2) is 77.6 Å². The molecule has 2 heterocycles. The van der Waals surface area contributed by atoms with Gasteiger partial charge in [-0.1, -0.05) is 13.8 Å². The molecule has 0 aromatic heterocycles. The van der Waals surface area contributed by atoms with Crippen LogP contribution >= 0.6 is 0 Å². The molecule has 2 aliphatic heterocycles. The van der Waals surface area contributed by atoms with Crippen molar-refractivity contribution in [1.29, 1.82) is 0 Å². The largest absolute Gasteiger partial charge is 0.481 e. The number of piperazine rings is 1. The van der Waals surface area contributed by atoms with Crippen molar-refractivity contribution >= 4 is 12.0 Å². The molecule has 6 nitrogen and oxygen atoms in total. The zero-order valence-electron chi connectivity index (χ0n) is 13.1. The summed E-state index contributed by atoms with van der Waals surface area (Å²) in [5, 5.41) is 9.11. The summed E-state index contributed by atoms with van der Waals surface area (Å²) < 4.78 is 0. The zero-order valence-corrected chi connectivity index (χ0v) is 13.1. The molecule has 1 N–H and O–H groups in total. The highest BCUT2D eigenvalue weighted by molar-refractivity contribution is 5.76. The van der Waals surface area contributed by atoms with E-state index >= 15 is 0 Å². The van der Waals surface area contributed by atoms with Crippen LogP contribution in [0.1, 0.15) is 26.7 Å². The van der Waals surface area contributed by atoms with Gasteiger partial charge >= 0.3 is 12.0 Å². The van der Waals surface area contributed by atoms with Crippen LogP contribution in [0.2, 0.25) is 0 Å². The van der Waals surface area contributed by atoms with Crippen molar-refractivity contribution < 1.29 is 14.7 Å². The maximum atomic E-state index is 12.5. The number of carboxylic acids is 1. The maximum absolute atomic E-state index is 12.5. The third kappa shape index (κ3) is 4.33. The van der Waals surface area contributed by atoms with Crippen LogP contribution in [0.4, 0.5) is 4.79 Å². The molecule has 2 amide bonds. The Morgan fingerprint density at radius 3 is 2.33 bits per heavy atom. The lowest BCUT2D eigenvalue weighted by Gasteiger charge is -2.39. The van der Waals surface area contributed by atoms with E-state index in [0.29, 0.717) is 25.4 Å². The first kappa shape index (κ1) is 16.1. The van der Waals surface area contributed by atoms with Gasteiger partial charge in [0.15, 0.2) is 0 Å². The first-order valence-electron chi connectivity index (χ1n) is 7.96. The highest BCUT2D eigenvalue weighted by Gasteiger charge is 2.31. The second kappa shape index (κ2) is 7.11. The van der Waals surface area contributed by atoms with E-state index < -0.39 is 11.9 Å². The molecule has 1 atom stereocenters. The Labute approximate surface area is 126 Å². The van der Waals surface area contributed by atoms with Crippen molar-refractivity contribution in [2.75, 3.05) is 45.8 Å². The zero-order chi connectivity index (χ0) is 15.4. The summed E-state index contributed by atoms with van der Waals surface area (Å²) in [6.45, 7) is 9.87. The summed E-state index contributed by atoms with van der Waals surface area (Å²) in [7, 11) is 0. The molecule has 1 unspecified atom stereocenters. The van der Waals surface area contributed by atoms with Gasteiger partial charge in [-0.15, -0.1) is 0 Å². The average Bonchev–Trinajstić information content (AvgIpc) is 2.47. The third-order valence-corrected chi connectivity index (χ3v) is 4.31. The smallest absolute Gasteiger partial charge is 0.320 e. The molecule has 21 heavy (non-hydrogen) atoms. The van der Waals surface area contributed by atoms with Crippen LogP contribution in [0, 0.1) is 11.8 Å². The molecule has 0 aromatic carbocycles. The minimum atomic E-state index is -0.783. The van der Waals surface area contributed by atoms with E-state index in [1.54, 1.807) is 4.90 Å². The van der Waals surface area contributed by atoms with Gasteiger partial charge in [0.2, 0.25) is 0 Å². The number of carboxylic acid groups (broad SMARTS) is 1. The van der Waals surface area contributed by atoms with Crippen LogP contribution in [0.15, 0.2) is 0 Å². The van der Waals surface area contributed by atoms with Crippen LogP contribution in [0.5, 0.6) is 0 Å². The van der Waals surface area contributed by atoms with E-state index in [1.807, 2.05) is 4.90 Å². The second-order valence-corrected chi connectivity index (χ2v) is 6.59. The van der Waals surface area contributed by atoms with Gasteiger partial charge in [0, 0.05) is 45.8 Å². The fourth-order valence-electron chi connectivity index (χ4n) is 3.19. The molecule has 0 saturated carbocycles. The molecule has 2 aliphatic rings. The fraction of sp³-hybridized carbons (Fsp3) is 0.867. The molecule has 6 heteroatoms. The monoisotopic (exact) mass is 297 g/mol. The normalized spacial score (nSPS) is 24.4. The summed E-state index contributed by atoms with van der Waals surface area (Å²) in [6, 6.07) is 0.0187. The lowest BCUT2D eigenvalue weighted by molar-refractivity contribution is -0.143. The highest BCUT2D eigenvalue weighted by Crippen LogP contribution is 2.18. The van der Waals surface area contributed by atoms with Crippen LogP contribution < -0.4 is 0 Å². The van der Waals surface area contributed by atoms with Crippen LogP contribution in [0.25, 0.3) is 0 Å². The summed E-state index contributed by atoms with van der Waals surface area (Å²) >= 11 is 0. The van der Waals surface area contributed by atoms with E-state index in [4.69, 9.17) is 5.11 Å². The van der Waals surface area contributed by atoms with E-state index in [2.05, 4.69) is 18.7 Å². The van der Waals surface area contributed by atoms with E-state index in [-0.39, 0.29) is 6.03 Å².